The molecule has 0 radical (unpaired) electrons. The molecule has 8 heteroatoms. The normalized spacial score (nSPS) is 17.0. The Hall–Kier alpha value is -1.31. The predicted molar refractivity (Wildman–Crippen MR) is 76.7 cm³/mol. The molecule has 0 unspecified atom stereocenters. The van der Waals surface area contributed by atoms with Gasteiger partial charge in [-0.2, -0.15) is 13.2 Å². The van der Waals surface area contributed by atoms with Gasteiger partial charge in [-0.1, -0.05) is 22.0 Å². The first-order valence-electron chi connectivity index (χ1n) is 6.48. The van der Waals surface area contributed by atoms with Gasteiger partial charge in [-0.15, -0.1) is 0 Å². The van der Waals surface area contributed by atoms with Gasteiger partial charge < -0.3 is 4.90 Å². The van der Waals surface area contributed by atoms with Crippen molar-refractivity contribution in [2.24, 2.45) is 5.92 Å². The molecule has 1 saturated heterocycles. The van der Waals surface area contributed by atoms with Crippen molar-refractivity contribution in [3.05, 3.63) is 33.9 Å². The number of hydrogen-bond acceptors (Lipinski definition) is 3. The van der Waals surface area contributed by atoms with Crippen molar-refractivity contribution >= 4 is 27.3 Å². The number of alkyl halides is 4. The second kappa shape index (κ2) is 6.21. The highest BCUT2D eigenvalue weighted by molar-refractivity contribution is 9.08. The van der Waals surface area contributed by atoms with Gasteiger partial charge in [-0.25, -0.2) is 0 Å². The number of nitrogens with zero attached hydrogens (tertiary/aromatic N) is 2. The molecule has 116 valence electrons. The Morgan fingerprint density at radius 3 is 2.43 bits per heavy atom. The van der Waals surface area contributed by atoms with Crippen molar-refractivity contribution in [2.45, 2.75) is 24.3 Å². The van der Waals surface area contributed by atoms with Gasteiger partial charge in [0.15, 0.2) is 0 Å². The highest BCUT2D eigenvalue weighted by Crippen LogP contribution is 2.37. The molecule has 1 fully saturated rings. The van der Waals surface area contributed by atoms with E-state index >= 15 is 0 Å². The largest absolute Gasteiger partial charge is 0.391 e. The first-order chi connectivity index (χ1) is 9.82. The minimum atomic E-state index is -4.18. The lowest BCUT2D eigenvalue weighted by Crippen LogP contribution is -2.39. The van der Waals surface area contributed by atoms with E-state index in [1.807, 2.05) is 0 Å². The van der Waals surface area contributed by atoms with Crippen LogP contribution in [-0.2, 0) is 5.33 Å². The van der Waals surface area contributed by atoms with E-state index in [2.05, 4.69) is 15.9 Å². The van der Waals surface area contributed by atoms with Crippen LogP contribution in [0.4, 0.5) is 24.5 Å². The van der Waals surface area contributed by atoms with E-state index in [-0.39, 0.29) is 31.6 Å². The Balaban J connectivity index is 2.18. The summed E-state index contributed by atoms with van der Waals surface area (Å²) in [5, 5.41) is 11.6. The zero-order valence-corrected chi connectivity index (χ0v) is 12.7. The fraction of sp³-hybridized carbons (Fsp3) is 0.538. The fourth-order valence-electron chi connectivity index (χ4n) is 2.51. The van der Waals surface area contributed by atoms with E-state index in [1.165, 1.54) is 6.07 Å². The minimum absolute atomic E-state index is 0.0269. The van der Waals surface area contributed by atoms with Crippen LogP contribution in [0, 0.1) is 16.0 Å². The quantitative estimate of drug-likeness (QED) is 0.456. The SMILES string of the molecule is O=[N+]([O-])c1cc(CBr)ccc1N1CCC(C(F)(F)F)CC1. The zero-order chi connectivity index (χ0) is 15.6. The Bertz CT molecular complexity index is 529. The lowest BCUT2D eigenvalue weighted by atomic mass is 9.95. The second-order valence-electron chi connectivity index (χ2n) is 5.02. The van der Waals surface area contributed by atoms with Crippen molar-refractivity contribution in [2.75, 3.05) is 18.0 Å². The van der Waals surface area contributed by atoms with Gasteiger partial charge in [-0.3, -0.25) is 10.1 Å². The molecule has 1 aromatic carbocycles. The van der Waals surface area contributed by atoms with E-state index in [0.29, 0.717) is 11.0 Å². The molecule has 0 bridgehead atoms. The van der Waals surface area contributed by atoms with Crippen LogP contribution in [0.5, 0.6) is 0 Å². The number of hydrogen-bond donors (Lipinski definition) is 0. The maximum absolute atomic E-state index is 12.6. The fourth-order valence-corrected chi connectivity index (χ4v) is 2.86. The number of nitro groups is 1. The molecule has 21 heavy (non-hydrogen) atoms. The highest BCUT2D eigenvalue weighted by Gasteiger charge is 2.41. The summed E-state index contributed by atoms with van der Waals surface area (Å²) in [6.07, 6.45) is -4.24. The standard InChI is InChI=1S/C13H14BrF3N2O2/c14-8-9-1-2-11(12(7-9)19(20)21)18-5-3-10(4-6-18)13(15,16)17/h1-2,7,10H,3-6,8H2. The number of anilines is 1. The molecule has 0 aliphatic carbocycles. The molecular weight excluding hydrogens is 353 g/mol. The molecule has 4 nitrogen and oxygen atoms in total. The van der Waals surface area contributed by atoms with Crippen LogP contribution in [0.15, 0.2) is 18.2 Å². The van der Waals surface area contributed by atoms with Gasteiger partial charge >= 0.3 is 6.18 Å². The average molecular weight is 367 g/mol. The van der Waals surface area contributed by atoms with Gasteiger partial charge in [0, 0.05) is 24.5 Å². The minimum Gasteiger partial charge on any atom is -0.366 e. The van der Waals surface area contributed by atoms with Gasteiger partial charge in [0.1, 0.15) is 5.69 Å². The molecule has 2 rings (SSSR count). The summed E-state index contributed by atoms with van der Waals surface area (Å²) in [4.78, 5) is 12.3. The summed E-state index contributed by atoms with van der Waals surface area (Å²) in [6.45, 7) is 0.358. The van der Waals surface area contributed by atoms with Gasteiger partial charge in [0.25, 0.3) is 5.69 Å². The van der Waals surface area contributed by atoms with Gasteiger partial charge in [0.05, 0.1) is 10.8 Å². The van der Waals surface area contributed by atoms with Crippen molar-refractivity contribution < 1.29 is 18.1 Å². The number of nitro benzene ring substituents is 1. The Morgan fingerprint density at radius 2 is 1.95 bits per heavy atom. The third-order valence-corrected chi connectivity index (χ3v) is 4.34. The summed E-state index contributed by atoms with van der Waals surface area (Å²) < 4.78 is 37.9. The number of halogens is 4. The summed E-state index contributed by atoms with van der Waals surface area (Å²) >= 11 is 3.23. The molecule has 1 aliphatic rings. The molecule has 1 aromatic rings. The Morgan fingerprint density at radius 1 is 1.33 bits per heavy atom. The lowest BCUT2D eigenvalue weighted by molar-refractivity contribution is -0.384. The maximum atomic E-state index is 12.6. The van der Waals surface area contributed by atoms with Crippen molar-refractivity contribution in [1.29, 1.82) is 0 Å². The van der Waals surface area contributed by atoms with Crippen LogP contribution in [0.3, 0.4) is 0 Å². The molecule has 0 amide bonds. The zero-order valence-electron chi connectivity index (χ0n) is 11.1. The second-order valence-corrected chi connectivity index (χ2v) is 5.58. The third-order valence-electron chi connectivity index (χ3n) is 3.69. The van der Waals surface area contributed by atoms with Crippen LogP contribution in [0.1, 0.15) is 18.4 Å². The molecule has 0 aromatic heterocycles. The molecule has 0 spiro atoms. The summed E-state index contributed by atoms with van der Waals surface area (Å²) in [7, 11) is 0. The average Bonchev–Trinajstić information content (AvgIpc) is 2.45. The van der Waals surface area contributed by atoms with E-state index in [0.717, 1.165) is 5.56 Å². The maximum Gasteiger partial charge on any atom is 0.391 e. The van der Waals surface area contributed by atoms with Crippen molar-refractivity contribution in [3.8, 4) is 0 Å². The van der Waals surface area contributed by atoms with E-state index in [9.17, 15) is 23.3 Å². The molecular formula is C13H14BrF3N2O2. The first-order valence-corrected chi connectivity index (χ1v) is 7.60. The van der Waals surface area contributed by atoms with E-state index < -0.39 is 17.0 Å². The predicted octanol–water partition coefficient (Wildman–Crippen LogP) is 4.27. The summed E-state index contributed by atoms with van der Waals surface area (Å²) in [5.74, 6) is -1.31. The monoisotopic (exact) mass is 366 g/mol. The third kappa shape index (κ3) is 3.66. The van der Waals surface area contributed by atoms with E-state index in [4.69, 9.17) is 0 Å². The van der Waals surface area contributed by atoms with Crippen molar-refractivity contribution in [1.82, 2.24) is 0 Å². The summed E-state index contributed by atoms with van der Waals surface area (Å²) in [5.41, 5.74) is 1.10. The smallest absolute Gasteiger partial charge is 0.366 e. The number of piperidine rings is 1. The molecule has 0 N–H and O–H groups in total. The lowest BCUT2D eigenvalue weighted by Gasteiger charge is -2.34. The van der Waals surface area contributed by atoms with Gasteiger partial charge in [0.2, 0.25) is 0 Å². The van der Waals surface area contributed by atoms with Crippen LogP contribution in [0.25, 0.3) is 0 Å². The number of rotatable bonds is 3. The Labute approximate surface area is 128 Å². The van der Waals surface area contributed by atoms with Crippen molar-refractivity contribution in [3.63, 3.8) is 0 Å². The highest BCUT2D eigenvalue weighted by atomic mass is 79.9. The first kappa shape index (κ1) is 16.1. The summed E-state index contributed by atoms with van der Waals surface area (Å²) in [6, 6.07) is 4.81. The molecule has 1 aliphatic heterocycles. The topological polar surface area (TPSA) is 46.4 Å². The van der Waals surface area contributed by atoms with Crippen LogP contribution in [-0.4, -0.2) is 24.2 Å². The van der Waals surface area contributed by atoms with E-state index in [1.54, 1.807) is 17.0 Å². The molecule has 1 heterocycles. The van der Waals surface area contributed by atoms with Crippen LogP contribution >= 0.6 is 15.9 Å². The van der Waals surface area contributed by atoms with Crippen LogP contribution < -0.4 is 4.90 Å². The van der Waals surface area contributed by atoms with Crippen LogP contribution in [0.2, 0.25) is 0 Å². The molecule has 0 saturated carbocycles. The van der Waals surface area contributed by atoms with Gasteiger partial charge in [-0.05, 0) is 24.5 Å². The number of benzene rings is 1. The molecule has 0 atom stereocenters. The Kier molecular flexibility index (Phi) is 4.75.